The number of para-hydroxylation sites is 2. The molecule has 0 saturated heterocycles. The van der Waals surface area contributed by atoms with Crippen LogP contribution in [-0.2, 0) is 4.79 Å². The fourth-order valence-electron chi connectivity index (χ4n) is 2.44. The van der Waals surface area contributed by atoms with Gasteiger partial charge in [0.1, 0.15) is 11.5 Å². The van der Waals surface area contributed by atoms with E-state index in [1.807, 2.05) is 24.3 Å². The van der Waals surface area contributed by atoms with Crippen molar-refractivity contribution in [3.8, 4) is 11.5 Å². The Morgan fingerprint density at radius 2 is 2.08 bits per heavy atom. The minimum Gasteiger partial charge on any atom is -0.493 e. The van der Waals surface area contributed by atoms with Gasteiger partial charge in [0.05, 0.1) is 13.3 Å². The van der Waals surface area contributed by atoms with Gasteiger partial charge in [-0.15, -0.1) is 0 Å². The van der Waals surface area contributed by atoms with Crippen LogP contribution in [0.3, 0.4) is 0 Å². The van der Waals surface area contributed by atoms with Gasteiger partial charge < -0.3 is 13.9 Å². The molecule has 0 spiro atoms. The lowest BCUT2D eigenvalue weighted by Crippen LogP contribution is -2.24. The normalized spacial score (nSPS) is 19.2. The van der Waals surface area contributed by atoms with E-state index >= 15 is 0 Å². The predicted octanol–water partition coefficient (Wildman–Crippen LogP) is 2.94. The van der Waals surface area contributed by atoms with Crippen molar-refractivity contribution in [2.24, 2.45) is 11.0 Å². The molecule has 1 N–H and O–H groups in total. The third-order valence-corrected chi connectivity index (χ3v) is 3.93. The molecule has 1 heterocycles. The number of amides is 1. The molecule has 126 valence electrons. The maximum atomic E-state index is 11.8. The predicted molar refractivity (Wildman–Crippen MR) is 89.5 cm³/mol. The van der Waals surface area contributed by atoms with E-state index in [9.17, 15) is 4.79 Å². The molecule has 24 heavy (non-hydrogen) atoms. The van der Waals surface area contributed by atoms with Gasteiger partial charge in [0.2, 0.25) is 0 Å². The molecule has 2 aromatic rings. The van der Waals surface area contributed by atoms with E-state index in [1.165, 1.54) is 12.6 Å². The number of nitrogens with one attached hydrogen (secondary N) is 1. The Labute approximate surface area is 140 Å². The monoisotopic (exact) mass is 328 g/mol. The van der Waals surface area contributed by atoms with Gasteiger partial charge in [0.25, 0.3) is 5.91 Å². The summed E-state index contributed by atoms with van der Waals surface area (Å²) in [5, 5.41) is 3.88. The maximum Gasteiger partial charge on any atom is 0.277 e. The van der Waals surface area contributed by atoms with Crippen molar-refractivity contribution in [3.05, 3.63) is 47.9 Å². The highest BCUT2D eigenvalue weighted by Crippen LogP contribution is 2.47. The zero-order chi connectivity index (χ0) is 16.9. The molecule has 0 aliphatic heterocycles. The third-order valence-electron chi connectivity index (χ3n) is 3.93. The lowest BCUT2D eigenvalue weighted by Gasteiger charge is -2.08. The van der Waals surface area contributed by atoms with Gasteiger partial charge in [0, 0.05) is 5.92 Å². The molecular formula is C18H20N2O4. The van der Waals surface area contributed by atoms with Crippen molar-refractivity contribution in [1.82, 2.24) is 5.43 Å². The van der Waals surface area contributed by atoms with Crippen LogP contribution in [0.2, 0.25) is 0 Å². The summed E-state index contributed by atoms with van der Waals surface area (Å²) in [4.78, 5) is 11.8. The van der Waals surface area contributed by atoms with E-state index in [-0.39, 0.29) is 12.5 Å². The highest BCUT2D eigenvalue weighted by molar-refractivity contribution is 5.81. The van der Waals surface area contributed by atoms with Crippen LogP contribution >= 0.6 is 0 Å². The molecular weight excluding hydrogens is 308 g/mol. The second-order valence-corrected chi connectivity index (χ2v) is 5.79. The number of rotatable bonds is 7. The van der Waals surface area contributed by atoms with Gasteiger partial charge in [-0.25, -0.2) is 5.43 Å². The summed E-state index contributed by atoms with van der Waals surface area (Å²) in [7, 11) is 1.55. The first-order valence-electron chi connectivity index (χ1n) is 7.85. The molecule has 1 amide bonds. The first-order valence-corrected chi connectivity index (χ1v) is 7.85. The van der Waals surface area contributed by atoms with Crippen molar-refractivity contribution in [1.29, 1.82) is 0 Å². The van der Waals surface area contributed by atoms with Crippen LogP contribution in [0.15, 0.2) is 45.9 Å². The summed E-state index contributed by atoms with van der Waals surface area (Å²) >= 11 is 0. The highest BCUT2D eigenvalue weighted by Gasteiger charge is 2.36. The Morgan fingerprint density at radius 1 is 1.33 bits per heavy atom. The number of nitrogens with zero attached hydrogens (tertiary/aromatic N) is 1. The zero-order valence-corrected chi connectivity index (χ0v) is 13.7. The lowest BCUT2D eigenvalue weighted by atomic mass is 10.3. The van der Waals surface area contributed by atoms with E-state index in [4.69, 9.17) is 13.9 Å². The van der Waals surface area contributed by atoms with E-state index < -0.39 is 0 Å². The minimum absolute atomic E-state index is 0.152. The molecule has 1 aliphatic rings. The van der Waals surface area contributed by atoms with Crippen LogP contribution in [-0.4, -0.2) is 25.8 Å². The van der Waals surface area contributed by atoms with Crippen molar-refractivity contribution in [2.45, 2.75) is 19.3 Å². The van der Waals surface area contributed by atoms with E-state index in [2.05, 4.69) is 17.5 Å². The van der Waals surface area contributed by atoms with Crippen LogP contribution in [0.25, 0.3) is 0 Å². The molecule has 3 rings (SSSR count). The first kappa shape index (κ1) is 16.1. The molecule has 0 radical (unpaired) electrons. The van der Waals surface area contributed by atoms with Crippen LogP contribution in [0.1, 0.15) is 30.8 Å². The van der Waals surface area contributed by atoms with Crippen molar-refractivity contribution in [2.75, 3.05) is 13.7 Å². The number of ether oxygens (including phenoxy) is 2. The summed E-state index contributed by atoms with van der Waals surface area (Å²) in [5.41, 5.74) is 2.41. The fraction of sp³-hybridized carbons (Fsp3) is 0.333. The average molecular weight is 328 g/mol. The number of hydrazone groups is 1. The molecule has 1 saturated carbocycles. The molecule has 0 bridgehead atoms. The average Bonchev–Trinajstić information content (AvgIpc) is 3.14. The summed E-state index contributed by atoms with van der Waals surface area (Å²) in [6.07, 6.45) is 2.65. The van der Waals surface area contributed by atoms with Crippen LogP contribution in [0, 0.1) is 5.92 Å². The number of hydrogen-bond acceptors (Lipinski definition) is 5. The molecule has 2 atom stereocenters. The van der Waals surface area contributed by atoms with Gasteiger partial charge in [0.15, 0.2) is 18.1 Å². The van der Waals surface area contributed by atoms with Crippen LogP contribution < -0.4 is 14.9 Å². The molecule has 1 aliphatic carbocycles. The third kappa shape index (κ3) is 3.95. The Bertz CT molecular complexity index is 738. The van der Waals surface area contributed by atoms with E-state index in [0.29, 0.717) is 29.1 Å². The van der Waals surface area contributed by atoms with Gasteiger partial charge >= 0.3 is 0 Å². The van der Waals surface area contributed by atoms with Gasteiger partial charge in [-0.3, -0.25) is 4.79 Å². The Balaban J connectivity index is 1.46. The van der Waals surface area contributed by atoms with E-state index in [0.717, 1.165) is 5.76 Å². The van der Waals surface area contributed by atoms with Crippen LogP contribution in [0.5, 0.6) is 11.5 Å². The van der Waals surface area contributed by atoms with E-state index in [1.54, 1.807) is 19.2 Å². The SMILES string of the molecule is COc1ccccc1OCC(=O)N/N=C\c1ccc([C@@H]2C[C@H]2C)o1. The van der Waals surface area contributed by atoms with Gasteiger partial charge in [-0.05, 0) is 36.6 Å². The lowest BCUT2D eigenvalue weighted by molar-refractivity contribution is -0.123. The second kappa shape index (κ2) is 7.21. The smallest absolute Gasteiger partial charge is 0.277 e. The maximum absolute atomic E-state index is 11.8. The fourth-order valence-corrected chi connectivity index (χ4v) is 2.44. The second-order valence-electron chi connectivity index (χ2n) is 5.79. The molecule has 1 aromatic heterocycles. The summed E-state index contributed by atoms with van der Waals surface area (Å²) < 4.78 is 16.2. The highest BCUT2D eigenvalue weighted by atomic mass is 16.5. The Hall–Kier alpha value is -2.76. The van der Waals surface area contributed by atoms with Gasteiger partial charge in [-0.1, -0.05) is 19.1 Å². The molecule has 6 heteroatoms. The number of hydrogen-bond donors (Lipinski definition) is 1. The quantitative estimate of drug-likeness (QED) is 0.626. The summed E-state index contributed by atoms with van der Waals surface area (Å²) in [6.45, 7) is 2.05. The first-order chi connectivity index (χ1) is 11.7. The molecule has 0 unspecified atom stereocenters. The molecule has 6 nitrogen and oxygen atoms in total. The molecule has 1 fully saturated rings. The molecule has 1 aromatic carbocycles. The number of carbonyl (C=O) groups excluding carboxylic acids is 1. The van der Waals surface area contributed by atoms with Crippen molar-refractivity contribution in [3.63, 3.8) is 0 Å². The van der Waals surface area contributed by atoms with Crippen molar-refractivity contribution >= 4 is 12.1 Å². The summed E-state index contributed by atoms with van der Waals surface area (Å²) in [6, 6.07) is 10.9. The zero-order valence-electron chi connectivity index (χ0n) is 13.7. The minimum atomic E-state index is -0.361. The summed E-state index contributed by atoms with van der Waals surface area (Å²) in [5.74, 6) is 3.54. The largest absolute Gasteiger partial charge is 0.493 e. The number of furan rings is 1. The number of carbonyl (C=O) groups is 1. The Kier molecular flexibility index (Phi) is 4.84. The number of methoxy groups -OCH3 is 1. The van der Waals surface area contributed by atoms with Crippen LogP contribution in [0.4, 0.5) is 0 Å². The standard InChI is InChI=1S/C18H20N2O4/c1-12-9-14(12)15-8-7-13(24-15)10-19-20-18(21)11-23-17-6-4-3-5-16(17)22-2/h3-8,10,12,14H,9,11H2,1-2H3,(H,20,21)/b19-10-/t12-,14-/m1/s1. The van der Waals surface area contributed by atoms with Gasteiger partial charge in [-0.2, -0.15) is 5.10 Å². The Morgan fingerprint density at radius 3 is 2.79 bits per heavy atom. The number of benzene rings is 1. The van der Waals surface area contributed by atoms with Crippen molar-refractivity contribution < 1.29 is 18.7 Å². The topological polar surface area (TPSA) is 73.1 Å².